The van der Waals surface area contributed by atoms with E-state index in [1.54, 1.807) is 12.1 Å². The molecule has 0 atom stereocenters. The number of benzene rings is 3. The molecule has 0 spiro atoms. The van der Waals surface area contributed by atoms with E-state index in [1.807, 2.05) is 6.07 Å². The number of hydrogen-bond donors (Lipinski definition) is 2. The zero-order valence-corrected chi connectivity index (χ0v) is 18.1. The minimum atomic E-state index is -4.91. The molecular formula is C25H25F3N2O5. The maximum Gasteiger partial charge on any atom is 0.573 e. The number of anilines is 1. The van der Waals surface area contributed by atoms with Crippen molar-refractivity contribution >= 4 is 17.5 Å². The van der Waals surface area contributed by atoms with Gasteiger partial charge in [-0.25, -0.2) is 0 Å². The fourth-order valence-electron chi connectivity index (χ4n) is 4.08. The van der Waals surface area contributed by atoms with Gasteiger partial charge in [-0.2, -0.15) is 0 Å². The van der Waals surface area contributed by atoms with E-state index in [-0.39, 0.29) is 28.1 Å². The Morgan fingerprint density at radius 3 is 2.34 bits per heavy atom. The molecule has 3 aromatic rings. The minimum absolute atomic E-state index is 0. The molecule has 0 unspecified atom stereocenters. The smallest absolute Gasteiger partial charge is 0.454 e. The summed E-state index contributed by atoms with van der Waals surface area (Å²) < 4.78 is 53.9. The highest BCUT2D eigenvalue weighted by Crippen LogP contribution is 2.51. The lowest BCUT2D eigenvalue weighted by atomic mass is 9.94. The molecule has 0 radical (unpaired) electrons. The summed E-state index contributed by atoms with van der Waals surface area (Å²) in [6.45, 7) is 0.119. The Kier molecular flexibility index (Phi) is 5.31. The molecule has 3 N–H and O–H groups in total. The highest BCUT2D eigenvalue weighted by atomic mass is 19.4. The van der Waals surface area contributed by atoms with Gasteiger partial charge in [0.2, 0.25) is 18.6 Å². The van der Waals surface area contributed by atoms with Crippen molar-refractivity contribution < 1.29 is 41.3 Å². The van der Waals surface area contributed by atoms with Gasteiger partial charge in [0.1, 0.15) is 5.75 Å². The Hall–Kier alpha value is -4.21. The molecule has 1 fully saturated rings. The second-order valence-electron chi connectivity index (χ2n) is 8.30. The van der Waals surface area contributed by atoms with Gasteiger partial charge in [0, 0.05) is 21.1 Å². The number of nitrogens with one attached hydrogen (secondary N) is 1. The lowest BCUT2D eigenvalue weighted by Crippen LogP contribution is -2.27. The number of carbonyl (C=O) groups is 2. The molecule has 0 saturated heterocycles. The average molecular weight is 490 g/mol. The van der Waals surface area contributed by atoms with Crippen molar-refractivity contribution in [1.82, 2.24) is 0 Å². The summed E-state index contributed by atoms with van der Waals surface area (Å²) in [5.74, 6) is -0.216. The number of rotatable bonds is 6. The standard InChI is InChI=1S/C25H19F3N2O5.3H2/c26-25(27,28)35-19-8-6-17(12-18(19)14-1-3-15(4-2-14)22(29)31)30-23(32)24(9-10-24)16-5-7-20-21(11-16)34-13-33-20;;;/h1-8,11-12H,9-10,13H2,(H2,29,31)(H,30,32);3*1H. The predicted octanol–water partition coefficient (Wildman–Crippen LogP) is 5.49. The summed E-state index contributed by atoms with van der Waals surface area (Å²) in [5, 5.41) is 2.82. The molecule has 186 valence electrons. The normalized spacial score (nSPS) is 15.4. The van der Waals surface area contributed by atoms with Crippen LogP contribution in [0, 0.1) is 0 Å². The van der Waals surface area contributed by atoms with Gasteiger partial charge in [-0.05, 0) is 66.4 Å². The molecule has 35 heavy (non-hydrogen) atoms. The highest BCUT2D eigenvalue weighted by molar-refractivity contribution is 6.02. The number of halogens is 3. The zero-order valence-electron chi connectivity index (χ0n) is 18.1. The first kappa shape index (κ1) is 22.6. The SMILES string of the molecule is NC(=O)c1ccc(-c2cc(NC(=O)C3(c4ccc5c(c4)OCO5)CC3)ccc2OC(F)(F)F)cc1.[HH].[HH].[HH]. The maximum absolute atomic E-state index is 13.2. The van der Waals surface area contributed by atoms with Crippen LogP contribution < -0.4 is 25.3 Å². The largest absolute Gasteiger partial charge is 0.573 e. The lowest BCUT2D eigenvalue weighted by molar-refractivity contribution is -0.274. The number of amides is 2. The minimum Gasteiger partial charge on any atom is -0.454 e. The summed E-state index contributed by atoms with van der Waals surface area (Å²) in [7, 11) is 0. The van der Waals surface area contributed by atoms with Gasteiger partial charge in [-0.15, -0.1) is 13.2 Å². The van der Waals surface area contributed by atoms with E-state index in [4.69, 9.17) is 15.2 Å². The van der Waals surface area contributed by atoms with Crippen LogP contribution in [-0.4, -0.2) is 25.0 Å². The van der Waals surface area contributed by atoms with Crippen molar-refractivity contribution in [2.75, 3.05) is 12.1 Å². The average Bonchev–Trinajstić information content (AvgIpc) is 3.50. The number of alkyl halides is 3. The number of primary amides is 1. The first-order valence-electron chi connectivity index (χ1n) is 10.7. The quantitative estimate of drug-likeness (QED) is 0.476. The second kappa shape index (κ2) is 8.23. The Labute approximate surface area is 202 Å². The van der Waals surface area contributed by atoms with Crippen LogP contribution in [0.4, 0.5) is 18.9 Å². The van der Waals surface area contributed by atoms with Crippen LogP contribution in [0.1, 0.15) is 33.0 Å². The van der Waals surface area contributed by atoms with Crippen LogP contribution in [-0.2, 0) is 10.2 Å². The Morgan fingerprint density at radius 1 is 0.971 bits per heavy atom. The highest BCUT2D eigenvalue weighted by Gasteiger charge is 2.51. The number of ether oxygens (including phenoxy) is 3. The molecule has 1 heterocycles. The molecule has 2 aliphatic rings. The van der Waals surface area contributed by atoms with Crippen molar-refractivity contribution in [3.8, 4) is 28.4 Å². The van der Waals surface area contributed by atoms with Crippen LogP contribution >= 0.6 is 0 Å². The van der Waals surface area contributed by atoms with Crippen LogP contribution in [0.25, 0.3) is 11.1 Å². The van der Waals surface area contributed by atoms with Crippen LogP contribution in [0.2, 0.25) is 0 Å². The van der Waals surface area contributed by atoms with Crippen molar-refractivity contribution in [2.45, 2.75) is 24.6 Å². The molecule has 2 amide bonds. The number of carbonyl (C=O) groups excluding carboxylic acids is 2. The zero-order chi connectivity index (χ0) is 24.8. The number of fused-ring (bicyclic) bond motifs is 1. The van der Waals surface area contributed by atoms with E-state index in [0.717, 1.165) is 11.6 Å². The summed E-state index contributed by atoms with van der Waals surface area (Å²) in [6.07, 6.45) is -3.67. The van der Waals surface area contributed by atoms with E-state index < -0.39 is 23.4 Å². The van der Waals surface area contributed by atoms with E-state index in [0.29, 0.717) is 35.6 Å². The third-order valence-corrected chi connectivity index (χ3v) is 6.05. The Balaban J connectivity index is 0.00000169. The van der Waals surface area contributed by atoms with Crippen molar-refractivity contribution in [3.63, 3.8) is 0 Å². The van der Waals surface area contributed by atoms with E-state index in [9.17, 15) is 22.8 Å². The van der Waals surface area contributed by atoms with Crippen LogP contribution in [0.15, 0.2) is 60.7 Å². The van der Waals surface area contributed by atoms with Gasteiger partial charge in [-0.3, -0.25) is 9.59 Å². The Morgan fingerprint density at radius 2 is 1.69 bits per heavy atom. The molecule has 0 aromatic heterocycles. The van der Waals surface area contributed by atoms with Gasteiger partial charge in [0.25, 0.3) is 0 Å². The molecule has 3 aromatic carbocycles. The molecule has 10 heteroatoms. The van der Waals surface area contributed by atoms with Gasteiger partial charge in [-0.1, -0.05) is 18.2 Å². The monoisotopic (exact) mass is 490 g/mol. The molecule has 1 aliphatic heterocycles. The topological polar surface area (TPSA) is 99.9 Å². The first-order valence-corrected chi connectivity index (χ1v) is 10.7. The summed E-state index contributed by atoms with van der Waals surface area (Å²) in [6, 6.07) is 14.9. The summed E-state index contributed by atoms with van der Waals surface area (Å²) in [4.78, 5) is 24.6. The fourth-order valence-corrected chi connectivity index (χ4v) is 4.08. The van der Waals surface area contributed by atoms with Gasteiger partial charge >= 0.3 is 6.36 Å². The lowest BCUT2D eigenvalue weighted by Gasteiger charge is -2.18. The van der Waals surface area contributed by atoms with Gasteiger partial charge < -0.3 is 25.3 Å². The number of hydrogen-bond acceptors (Lipinski definition) is 5. The summed E-state index contributed by atoms with van der Waals surface area (Å²) in [5.41, 5.74) is 6.20. The molecule has 5 rings (SSSR count). The number of nitrogens with two attached hydrogens (primary N) is 1. The van der Waals surface area contributed by atoms with Crippen LogP contribution in [0.3, 0.4) is 0 Å². The first-order chi connectivity index (χ1) is 16.6. The van der Waals surface area contributed by atoms with Crippen molar-refractivity contribution in [1.29, 1.82) is 0 Å². The van der Waals surface area contributed by atoms with Crippen molar-refractivity contribution in [3.05, 3.63) is 71.8 Å². The third kappa shape index (κ3) is 4.46. The second-order valence-corrected chi connectivity index (χ2v) is 8.30. The Bertz CT molecular complexity index is 1330. The van der Waals surface area contributed by atoms with E-state index in [1.165, 1.54) is 36.4 Å². The van der Waals surface area contributed by atoms with Gasteiger partial charge in [0.05, 0.1) is 5.41 Å². The third-order valence-electron chi connectivity index (χ3n) is 6.05. The van der Waals surface area contributed by atoms with E-state index >= 15 is 0 Å². The van der Waals surface area contributed by atoms with Gasteiger partial charge in [0.15, 0.2) is 11.5 Å². The predicted molar refractivity (Wildman–Crippen MR) is 126 cm³/mol. The molecular weight excluding hydrogens is 465 g/mol. The molecule has 7 nitrogen and oxygen atoms in total. The van der Waals surface area contributed by atoms with Crippen LogP contribution in [0.5, 0.6) is 17.2 Å². The fraction of sp³-hybridized carbons (Fsp3) is 0.200. The molecule has 1 aliphatic carbocycles. The molecule has 1 saturated carbocycles. The maximum atomic E-state index is 13.2. The molecule has 0 bridgehead atoms. The van der Waals surface area contributed by atoms with E-state index in [2.05, 4.69) is 10.1 Å². The van der Waals surface area contributed by atoms with Crippen molar-refractivity contribution in [2.24, 2.45) is 5.73 Å². The summed E-state index contributed by atoms with van der Waals surface area (Å²) >= 11 is 0.